The Balaban J connectivity index is 1.45. The number of halogens is 2. The summed E-state index contributed by atoms with van der Waals surface area (Å²) in [5.41, 5.74) is 3.88. The molecule has 0 atom stereocenters. The number of benzene rings is 3. The Hall–Kier alpha value is -2.99. The minimum atomic E-state index is -0.292. The van der Waals surface area contributed by atoms with Crippen LogP contribution in [0.25, 0.3) is 17.0 Å². The number of imide groups is 1. The fourth-order valence-electron chi connectivity index (χ4n) is 3.90. The predicted molar refractivity (Wildman–Crippen MR) is 135 cm³/mol. The van der Waals surface area contributed by atoms with Crippen LogP contribution >= 0.6 is 35.0 Å². The van der Waals surface area contributed by atoms with Crippen molar-refractivity contribution in [2.75, 3.05) is 0 Å². The van der Waals surface area contributed by atoms with Crippen molar-refractivity contribution in [3.63, 3.8) is 0 Å². The number of fused-ring (bicyclic) bond motifs is 1. The van der Waals surface area contributed by atoms with Crippen LogP contribution in [0.3, 0.4) is 0 Å². The van der Waals surface area contributed by atoms with Crippen molar-refractivity contribution < 1.29 is 9.59 Å². The van der Waals surface area contributed by atoms with Gasteiger partial charge in [-0.3, -0.25) is 14.5 Å². The first kappa shape index (κ1) is 21.8. The van der Waals surface area contributed by atoms with Crippen LogP contribution in [0.1, 0.15) is 16.7 Å². The molecule has 1 fully saturated rings. The van der Waals surface area contributed by atoms with Crippen molar-refractivity contribution in [1.29, 1.82) is 0 Å². The summed E-state index contributed by atoms with van der Waals surface area (Å²) in [7, 11) is 0. The molecule has 0 spiro atoms. The van der Waals surface area contributed by atoms with Gasteiger partial charge in [-0.2, -0.15) is 0 Å². The van der Waals surface area contributed by atoms with Crippen LogP contribution in [-0.2, 0) is 17.9 Å². The standard InChI is InChI=1S/C26H18Cl2N2O2S/c27-20-10-8-17(9-11-20)14-29-16-19(22-6-1-2-7-23(22)29)13-24-25(31)30(26(32)33-24)15-18-4-3-5-21(28)12-18/h1-13,16H,14-15H2/b24-13-. The second kappa shape index (κ2) is 9.10. The van der Waals surface area contributed by atoms with Gasteiger partial charge < -0.3 is 4.57 Å². The number of aromatic nitrogens is 1. The second-order valence-corrected chi connectivity index (χ2v) is 9.62. The molecule has 0 aliphatic carbocycles. The van der Waals surface area contributed by atoms with E-state index in [-0.39, 0.29) is 17.7 Å². The number of carbonyl (C=O) groups excluding carboxylic acids is 2. The number of carbonyl (C=O) groups is 2. The lowest BCUT2D eigenvalue weighted by Gasteiger charge is -2.12. The van der Waals surface area contributed by atoms with Crippen LogP contribution in [0.15, 0.2) is 83.9 Å². The third kappa shape index (κ3) is 4.58. The topological polar surface area (TPSA) is 42.3 Å². The zero-order chi connectivity index (χ0) is 22.9. The number of amides is 2. The Labute approximate surface area is 205 Å². The summed E-state index contributed by atoms with van der Waals surface area (Å²) in [6.45, 7) is 0.864. The van der Waals surface area contributed by atoms with E-state index < -0.39 is 0 Å². The molecule has 3 aromatic carbocycles. The van der Waals surface area contributed by atoms with Crippen LogP contribution < -0.4 is 0 Å². The number of hydrogen-bond acceptors (Lipinski definition) is 3. The Morgan fingerprint density at radius 1 is 0.818 bits per heavy atom. The first-order valence-corrected chi connectivity index (χ1v) is 11.9. The predicted octanol–water partition coefficient (Wildman–Crippen LogP) is 7.23. The fourth-order valence-corrected chi connectivity index (χ4v) is 5.07. The van der Waals surface area contributed by atoms with Gasteiger partial charge in [-0.1, -0.05) is 65.7 Å². The molecule has 0 saturated carbocycles. The number of para-hydroxylation sites is 1. The molecule has 2 amide bonds. The number of hydrogen-bond donors (Lipinski definition) is 0. The zero-order valence-electron chi connectivity index (χ0n) is 17.4. The third-order valence-electron chi connectivity index (χ3n) is 5.48. The van der Waals surface area contributed by atoms with E-state index in [0.29, 0.717) is 21.5 Å². The van der Waals surface area contributed by atoms with E-state index in [1.807, 2.05) is 72.9 Å². The van der Waals surface area contributed by atoms with Gasteiger partial charge in [-0.05, 0) is 59.3 Å². The quantitative estimate of drug-likeness (QED) is 0.276. The van der Waals surface area contributed by atoms with Gasteiger partial charge in [-0.25, -0.2) is 0 Å². The van der Waals surface area contributed by atoms with Crippen LogP contribution in [0.4, 0.5) is 4.79 Å². The first-order valence-electron chi connectivity index (χ1n) is 10.3. The Bertz CT molecular complexity index is 1410. The summed E-state index contributed by atoms with van der Waals surface area (Å²) in [5, 5.41) is 2.01. The van der Waals surface area contributed by atoms with Crippen LogP contribution in [0, 0.1) is 0 Å². The minimum Gasteiger partial charge on any atom is -0.342 e. The smallest absolute Gasteiger partial charge is 0.293 e. The van der Waals surface area contributed by atoms with Gasteiger partial charge in [-0.15, -0.1) is 0 Å². The van der Waals surface area contributed by atoms with Gasteiger partial charge >= 0.3 is 0 Å². The molecule has 5 rings (SSSR count). The molecule has 1 aliphatic rings. The van der Waals surface area contributed by atoms with Crippen molar-refractivity contribution in [1.82, 2.24) is 9.47 Å². The molecule has 1 saturated heterocycles. The maximum absolute atomic E-state index is 13.0. The van der Waals surface area contributed by atoms with Crippen molar-refractivity contribution in [2.45, 2.75) is 13.1 Å². The molecule has 33 heavy (non-hydrogen) atoms. The molecular formula is C26H18Cl2N2O2S. The minimum absolute atomic E-state index is 0.195. The van der Waals surface area contributed by atoms with E-state index >= 15 is 0 Å². The largest absolute Gasteiger partial charge is 0.342 e. The van der Waals surface area contributed by atoms with E-state index in [1.54, 1.807) is 12.1 Å². The average molecular weight is 493 g/mol. The number of thioether (sulfide) groups is 1. The Morgan fingerprint density at radius 2 is 1.61 bits per heavy atom. The number of rotatable bonds is 5. The van der Waals surface area contributed by atoms with Gasteiger partial charge in [0.2, 0.25) is 0 Å². The SMILES string of the molecule is O=C1S/C(=C\c2cn(Cc3ccc(Cl)cc3)c3ccccc23)C(=O)N1Cc1cccc(Cl)c1. The van der Waals surface area contributed by atoms with E-state index in [0.717, 1.165) is 39.4 Å². The molecule has 4 aromatic rings. The van der Waals surface area contributed by atoms with Crippen molar-refractivity contribution in [2.24, 2.45) is 0 Å². The maximum atomic E-state index is 13.0. The van der Waals surface area contributed by atoms with Gasteiger partial charge in [0.15, 0.2) is 0 Å². The molecule has 2 heterocycles. The van der Waals surface area contributed by atoms with Crippen molar-refractivity contribution in [3.8, 4) is 0 Å². The van der Waals surface area contributed by atoms with E-state index in [2.05, 4.69) is 4.57 Å². The number of nitrogens with zero attached hydrogens (tertiary/aromatic N) is 2. The summed E-state index contributed by atoms with van der Waals surface area (Å²) in [6, 6.07) is 23.0. The summed E-state index contributed by atoms with van der Waals surface area (Å²) in [5.74, 6) is -0.292. The van der Waals surface area contributed by atoms with Gasteiger partial charge in [0.05, 0.1) is 11.4 Å². The molecule has 0 N–H and O–H groups in total. The third-order valence-corrected chi connectivity index (χ3v) is 6.87. The van der Waals surface area contributed by atoms with Crippen molar-refractivity contribution in [3.05, 3.63) is 111 Å². The highest BCUT2D eigenvalue weighted by molar-refractivity contribution is 8.18. The lowest BCUT2D eigenvalue weighted by atomic mass is 10.1. The molecule has 0 radical (unpaired) electrons. The van der Waals surface area contributed by atoms with Crippen molar-refractivity contribution >= 4 is 63.1 Å². The molecular weight excluding hydrogens is 475 g/mol. The van der Waals surface area contributed by atoms with Crippen LogP contribution in [0.2, 0.25) is 10.0 Å². The molecule has 0 unspecified atom stereocenters. The van der Waals surface area contributed by atoms with Gasteiger partial charge in [0, 0.05) is 39.3 Å². The van der Waals surface area contributed by atoms with Crippen LogP contribution in [0.5, 0.6) is 0 Å². The molecule has 4 nitrogen and oxygen atoms in total. The zero-order valence-corrected chi connectivity index (χ0v) is 19.7. The Kier molecular flexibility index (Phi) is 6.02. The average Bonchev–Trinajstić information content (AvgIpc) is 3.28. The molecule has 164 valence electrons. The molecule has 1 aliphatic heterocycles. The first-order chi connectivity index (χ1) is 16.0. The molecule has 1 aromatic heterocycles. The highest BCUT2D eigenvalue weighted by Gasteiger charge is 2.35. The second-order valence-electron chi connectivity index (χ2n) is 7.75. The highest BCUT2D eigenvalue weighted by Crippen LogP contribution is 2.35. The fraction of sp³-hybridized carbons (Fsp3) is 0.0769. The summed E-state index contributed by atoms with van der Waals surface area (Å²) >= 11 is 13.0. The van der Waals surface area contributed by atoms with E-state index in [4.69, 9.17) is 23.2 Å². The summed E-state index contributed by atoms with van der Waals surface area (Å²) in [6.07, 6.45) is 3.83. The lowest BCUT2D eigenvalue weighted by molar-refractivity contribution is -0.123. The van der Waals surface area contributed by atoms with Gasteiger partial charge in [0.1, 0.15) is 0 Å². The van der Waals surface area contributed by atoms with E-state index in [9.17, 15) is 9.59 Å². The lowest BCUT2D eigenvalue weighted by Crippen LogP contribution is -2.27. The normalized spacial score (nSPS) is 15.2. The Morgan fingerprint density at radius 3 is 2.39 bits per heavy atom. The monoisotopic (exact) mass is 492 g/mol. The van der Waals surface area contributed by atoms with Gasteiger partial charge in [0.25, 0.3) is 11.1 Å². The molecule has 7 heteroatoms. The highest BCUT2D eigenvalue weighted by atomic mass is 35.5. The maximum Gasteiger partial charge on any atom is 0.293 e. The summed E-state index contributed by atoms with van der Waals surface area (Å²) in [4.78, 5) is 27.3. The summed E-state index contributed by atoms with van der Waals surface area (Å²) < 4.78 is 2.14. The van der Waals surface area contributed by atoms with E-state index in [1.165, 1.54) is 4.90 Å². The van der Waals surface area contributed by atoms with Crippen LogP contribution in [-0.4, -0.2) is 20.6 Å². The molecule has 0 bridgehead atoms.